The Bertz CT molecular complexity index is 858. The summed E-state index contributed by atoms with van der Waals surface area (Å²) in [7, 11) is 0. The van der Waals surface area contributed by atoms with Crippen LogP contribution < -0.4 is 4.90 Å². The predicted octanol–water partition coefficient (Wildman–Crippen LogP) is 1.98. The summed E-state index contributed by atoms with van der Waals surface area (Å²) in [4.78, 5) is 11.0. The predicted molar refractivity (Wildman–Crippen MR) is 91.9 cm³/mol. The molecule has 0 radical (unpaired) electrons. The third kappa shape index (κ3) is 3.12. The molecule has 0 amide bonds. The van der Waals surface area contributed by atoms with E-state index in [1.807, 2.05) is 29.8 Å². The summed E-state index contributed by atoms with van der Waals surface area (Å²) in [6, 6.07) is 5.65. The van der Waals surface area contributed by atoms with Gasteiger partial charge in [0.25, 0.3) is 5.89 Å². The lowest BCUT2D eigenvalue weighted by Crippen LogP contribution is -2.38. The summed E-state index contributed by atoms with van der Waals surface area (Å²) in [5, 5.41) is 18.2. The Labute approximate surface area is 145 Å². The highest BCUT2D eigenvalue weighted by atomic mass is 16.5. The molecule has 0 spiro atoms. The van der Waals surface area contributed by atoms with Gasteiger partial charge in [-0.3, -0.25) is 4.68 Å². The van der Waals surface area contributed by atoms with Gasteiger partial charge in [-0.25, -0.2) is 4.98 Å². The Morgan fingerprint density at radius 1 is 1.32 bits per heavy atom. The molecule has 4 rings (SSSR count). The van der Waals surface area contributed by atoms with Gasteiger partial charge in [0.15, 0.2) is 0 Å². The molecule has 8 nitrogen and oxygen atoms in total. The SMILES string of the molecule is CCn1nccc1-c1nc(-c2ccnc(N3CCCC(O)C3)c2)no1. The van der Waals surface area contributed by atoms with E-state index in [1.54, 1.807) is 12.4 Å². The van der Waals surface area contributed by atoms with Crippen molar-refractivity contribution in [3.05, 3.63) is 30.6 Å². The van der Waals surface area contributed by atoms with Crippen LogP contribution >= 0.6 is 0 Å². The molecule has 0 aromatic carbocycles. The van der Waals surface area contributed by atoms with Crippen molar-refractivity contribution < 1.29 is 9.63 Å². The summed E-state index contributed by atoms with van der Waals surface area (Å²) in [5.74, 6) is 1.78. The first kappa shape index (κ1) is 15.8. The molecule has 0 bridgehead atoms. The van der Waals surface area contributed by atoms with Crippen LogP contribution in [0.5, 0.6) is 0 Å². The van der Waals surface area contributed by atoms with Crippen LogP contribution in [0.4, 0.5) is 5.82 Å². The molecule has 1 aliphatic rings. The van der Waals surface area contributed by atoms with Crippen LogP contribution in [0.3, 0.4) is 0 Å². The Balaban J connectivity index is 1.61. The second-order valence-corrected chi connectivity index (χ2v) is 6.10. The van der Waals surface area contributed by atoms with Gasteiger partial charge < -0.3 is 14.5 Å². The lowest BCUT2D eigenvalue weighted by Gasteiger charge is -2.31. The highest BCUT2D eigenvalue weighted by Crippen LogP contribution is 2.25. The van der Waals surface area contributed by atoms with E-state index < -0.39 is 0 Å². The maximum Gasteiger partial charge on any atom is 0.276 e. The maximum absolute atomic E-state index is 9.87. The molecule has 0 saturated carbocycles. The van der Waals surface area contributed by atoms with E-state index in [0.29, 0.717) is 18.3 Å². The van der Waals surface area contributed by atoms with Crippen molar-refractivity contribution >= 4 is 5.82 Å². The standard InChI is InChI=1S/C17H20N6O2/c1-2-23-14(6-8-19-23)17-20-16(21-25-17)12-5-7-18-15(10-12)22-9-3-4-13(24)11-22/h5-8,10,13,24H,2-4,9,11H2,1H3. The minimum atomic E-state index is -0.301. The first-order valence-electron chi connectivity index (χ1n) is 8.50. The number of aryl methyl sites for hydroxylation is 1. The molecule has 130 valence electrons. The molecule has 1 fully saturated rings. The number of hydrogen-bond acceptors (Lipinski definition) is 7. The first-order chi connectivity index (χ1) is 12.2. The van der Waals surface area contributed by atoms with Crippen LogP contribution in [0, 0.1) is 0 Å². The molecule has 1 aliphatic heterocycles. The number of pyridine rings is 1. The fraction of sp³-hybridized carbons (Fsp3) is 0.412. The van der Waals surface area contributed by atoms with Crippen molar-refractivity contribution in [3.8, 4) is 23.0 Å². The van der Waals surface area contributed by atoms with Crippen molar-refractivity contribution in [3.63, 3.8) is 0 Å². The smallest absolute Gasteiger partial charge is 0.276 e. The number of nitrogens with zero attached hydrogens (tertiary/aromatic N) is 6. The monoisotopic (exact) mass is 340 g/mol. The minimum Gasteiger partial charge on any atom is -0.391 e. The summed E-state index contributed by atoms with van der Waals surface area (Å²) in [5.41, 5.74) is 1.64. The second-order valence-electron chi connectivity index (χ2n) is 6.10. The van der Waals surface area contributed by atoms with Gasteiger partial charge in [-0.2, -0.15) is 10.1 Å². The maximum atomic E-state index is 9.87. The van der Waals surface area contributed by atoms with E-state index in [4.69, 9.17) is 4.52 Å². The van der Waals surface area contributed by atoms with Crippen LogP contribution in [-0.4, -0.2) is 49.2 Å². The molecule has 25 heavy (non-hydrogen) atoms. The number of anilines is 1. The van der Waals surface area contributed by atoms with Crippen molar-refractivity contribution in [2.45, 2.75) is 32.4 Å². The zero-order chi connectivity index (χ0) is 17.2. The van der Waals surface area contributed by atoms with E-state index in [-0.39, 0.29) is 6.10 Å². The molecule has 4 heterocycles. The van der Waals surface area contributed by atoms with Gasteiger partial charge in [0.05, 0.1) is 6.10 Å². The van der Waals surface area contributed by atoms with E-state index in [1.165, 1.54) is 0 Å². The van der Waals surface area contributed by atoms with Crippen molar-refractivity contribution in [1.82, 2.24) is 24.9 Å². The van der Waals surface area contributed by atoms with Crippen LogP contribution in [0.15, 0.2) is 35.1 Å². The largest absolute Gasteiger partial charge is 0.391 e. The number of rotatable bonds is 4. The van der Waals surface area contributed by atoms with Crippen LogP contribution in [0.1, 0.15) is 19.8 Å². The van der Waals surface area contributed by atoms with Crippen molar-refractivity contribution in [1.29, 1.82) is 0 Å². The molecule has 1 saturated heterocycles. The summed E-state index contributed by atoms with van der Waals surface area (Å²) in [6.07, 6.45) is 4.95. The molecular weight excluding hydrogens is 320 g/mol. The normalized spacial score (nSPS) is 17.8. The highest BCUT2D eigenvalue weighted by Gasteiger charge is 2.20. The van der Waals surface area contributed by atoms with Gasteiger partial charge in [0.1, 0.15) is 11.5 Å². The molecule has 1 atom stereocenters. The van der Waals surface area contributed by atoms with Crippen LogP contribution in [-0.2, 0) is 6.54 Å². The molecule has 1 N–H and O–H groups in total. The zero-order valence-electron chi connectivity index (χ0n) is 14.0. The van der Waals surface area contributed by atoms with E-state index >= 15 is 0 Å². The van der Waals surface area contributed by atoms with Gasteiger partial charge in [-0.1, -0.05) is 5.16 Å². The average Bonchev–Trinajstić information content (AvgIpc) is 3.30. The molecule has 3 aromatic heterocycles. The first-order valence-corrected chi connectivity index (χ1v) is 8.50. The Hall–Kier alpha value is -2.74. The zero-order valence-corrected chi connectivity index (χ0v) is 14.0. The number of β-amino-alcohol motifs (C(OH)–C–C–N with tert-alkyl or cyclic N) is 1. The van der Waals surface area contributed by atoms with E-state index in [2.05, 4.69) is 25.1 Å². The summed E-state index contributed by atoms with van der Waals surface area (Å²) < 4.78 is 7.22. The van der Waals surface area contributed by atoms with Crippen LogP contribution in [0.2, 0.25) is 0 Å². The number of hydrogen-bond donors (Lipinski definition) is 1. The van der Waals surface area contributed by atoms with Crippen LogP contribution in [0.25, 0.3) is 23.0 Å². The van der Waals surface area contributed by atoms with Gasteiger partial charge in [-0.15, -0.1) is 0 Å². The number of aliphatic hydroxyl groups excluding tert-OH is 1. The lowest BCUT2D eigenvalue weighted by molar-refractivity contribution is 0.154. The van der Waals surface area contributed by atoms with E-state index in [9.17, 15) is 5.11 Å². The molecule has 8 heteroatoms. The topological polar surface area (TPSA) is 93.1 Å². The average molecular weight is 340 g/mol. The second kappa shape index (κ2) is 6.64. The fourth-order valence-corrected chi connectivity index (χ4v) is 3.10. The Kier molecular flexibility index (Phi) is 4.19. The quantitative estimate of drug-likeness (QED) is 0.776. The lowest BCUT2D eigenvalue weighted by atomic mass is 10.1. The molecule has 0 aliphatic carbocycles. The molecule has 1 unspecified atom stereocenters. The summed E-state index contributed by atoms with van der Waals surface area (Å²) in [6.45, 7) is 4.23. The van der Waals surface area contributed by atoms with Gasteiger partial charge in [0, 0.05) is 37.6 Å². The summed E-state index contributed by atoms with van der Waals surface area (Å²) >= 11 is 0. The molecular formula is C17H20N6O2. The van der Waals surface area contributed by atoms with Gasteiger partial charge in [0.2, 0.25) is 5.82 Å². The number of piperidine rings is 1. The van der Waals surface area contributed by atoms with E-state index in [0.717, 1.165) is 43.0 Å². The number of aliphatic hydroxyl groups is 1. The Morgan fingerprint density at radius 2 is 2.24 bits per heavy atom. The van der Waals surface area contributed by atoms with Crippen molar-refractivity contribution in [2.24, 2.45) is 0 Å². The molecule has 3 aromatic rings. The third-order valence-electron chi connectivity index (χ3n) is 4.39. The Morgan fingerprint density at radius 3 is 3.08 bits per heavy atom. The fourth-order valence-electron chi connectivity index (χ4n) is 3.10. The number of aromatic nitrogens is 5. The highest BCUT2D eigenvalue weighted by molar-refractivity contribution is 5.61. The minimum absolute atomic E-state index is 0.301. The van der Waals surface area contributed by atoms with Gasteiger partial charge in [-0.05, 0) is 38.0 Å². The van der Waals surface area contributed by atoms with Crippen molar-refractivity contribution in [2.75, 3.05) is 18.0 Å². The van der Waals surface area contributed by atoms with Gasteiger partial charge >= 0.3 is 0 Å². The third-order valence-corrected chi connectivity index (χ3v) is 4.39.